The van der Waals surface area contributed by atoms with Crippen LogP contribution in [0.5, 0.6) is 0 Å². The molecule has 0 radical (unpaired) electrons. The summed E-state index contributed by atoms with van der Waals surface area (Å²) in [6, 6.07) is 0. The van der Waals surface area contributed by atoms with Crippen molar-refractivity contribution >= 4 is 30.7 Å². The standard InChI is InChI=1S/C4H9BrNP.F6P/c5-7-6-3-1-2-4-6;1-7(2,3,4,5)6/h7H,1-4H2;/q;-1/p+1. The Bertz CT molecular complexity index is 171. The number of nitrogens with zero attached hydrogens (tertiary/aromatic N) is 1. The molecule has 1 saturated heterocycles. The van der Waals surface area contributed by atoms with E-state index in [-0.39, 0.29) is 0 Å². The Balaban J connectivity index is 0.000000241. The van der Waals surface area contributed by atoms with Crippen molar-refractivity contribution in [3.63, 3.8) is 0 Å². The molecule has 0 amide bonds. The Labute approximate surface area is 87.0 Å². The minimum atomic E-state index is -10.7. The summed E-state index contributed by atoms with van der Waals surface area (Å²) in [7, 11) is -10.2. The SMILES string of the molecule is Br[PH2+]N1CCCC1.F[P-](F)(F)(F)(F)F. The van der Waals surface area contributed by atoms with Crippen LogP contribution in [0.15, 0.2) is 0 Å². The first kappa shape index (κ1) is 14.9. The molecule has 14 heavy (non-hydrogen) atoms. The van der Waals surface area contributed by atoms with E-state index in [1.165, 1.54) is 25.9 Å². The van der Waals surface area contributed by atoms with Gasteiger partial charge in [0.1, 0.15) is 7.43 Å². The Morgan fingerprint density at radius 3 is 1.36 bits per heavy atom. The van der Waals surface area contributed by atoms with Crippen molar-refractivity contribution in [3.05, 3.63) is 0 Å². The summed E-state index contributed by atoms with van der Waals surface area (Å²) < 4.78 is 61.7. The van der Waals surface area contributed by atoms with Crippen LogP contribution in [0, 0.1) is 0 Å². The molecule has 1 aliphatic rings. The third-order valence-corrected chi connectivity index (χ3v) is 3.81. The van der Waals surface area contributed by atoms with E-state index in [1.54, 1.807) is 0 Å². The molecule has 0 aliphatic carbocycles. The van der Waals surface area contributed by atoms with Crippen LogP contribution in [0.25, 0.3) is 0 Å². The van der Waals surface area contributed by atoms with Crippen molar-refractivity contribution in [1.29, 1.82) is 0 Å². The Morgan fingerprint density at radius 2 is 1.21 bits per heavy atom. The third kappa shape index (κ3) is 18.6. The molecule has 1 aliphatic heterocycles. The topological polar surface area (TPSA) is 3.24 Å². The van der Waals surface area contributed by atoms with Gasteiger partial charge in [-0.25, -0.2) is 0 Å². The van der Waals surface area contributed by atoms with Gasteiger partial charge in [-0.3, -0.25) is 0 Å². The van der Waals surface area contributed by atoms with Gasteiger partial charge in [0.2, 0.25) is 0 Å². The van der Waals surface area contributed by atoms with Gasteiger partial charge < -0.3 is 0 Å². The molecular weight excluding hydrogens is 318 g/mol. The molecule has 1 nitrogen and oxygen atoms in total. The van der Waals surface area contributed by atoms with E-state index in [2.05, 4.69) is 20.2 Å². The van der Waals surface area contributed by atoms with Gasteiger partial charge in [0, 0.05) is 13.1 Å². The molecule has 1 atom stereocenters. The molecule has 1 heterocycles. The zero-order chi connectivity index (χ0) is 11.5. The molecular formula is C4H10BrF6NP2. The fourth-order valence-corrected chi connectivity index (χ4v) is 2.63. The fourth-order valence-electron chi connectivity index (χ4n) is 0.839. The zero-order valence-electron chi connectivity index (χ0n) is 6.95. The normalized spacial score (nSPS) is 24.2. The number of rotatable bonds is 1. The molecule has 1 unspecified atom stereocenters. The fraction of sp³-hybridized carbons (Fsp3) is 1.00. The van der Waals surface area contributed by atoms with Gasteiger partial charge in [-0.2, -0.15) is 4.67 Å². The molecule has 1 fully saturated rings. The van der Waals surface area contributed by atoms with Crippen LogP contribution in [-0.2, 0) is 0 Å². The van der Waals surface area contributed by atoms with Crippen molar-refractivity contribution in [2.45, 2.75) is 12.8 Å². The van der Waals surface area contributed by atoms with Crippen LogP contribution < -0.4 is 0 Å². The second kappa shape index (κ2) is 4.04. The second-order valence-corrected chi connectivity index (χ2v) is 6.87. The van der Waals surface area contributed by atoms with Crippen LogP contribution in [0.3, 0.4) is 0 Å². The van der Waals surface area contributed by atoms with Gasteiger partial charge in [-0.05, 0) is 12.8 Å². The maximum absolute atomic E-state index is 10.7. The summed E-state index contributed by atoms with van der Waals surface area (Å²) >= 11 is 3.49. The van der Waals surface area contributed by atoms with E-state index < -0.39 is 7.81 Å². The zero-order valence-corrected chi connectivity index (χ0v) is 10.6. The molecule has 0 saturated carbocycles. The van der Waals surface area contributed by atoms with E-state index in [0.29, 0.717) is 7.43 Å². The van der Waals surface area contributed by atoms with E-state index in [1.807, 2.05) is 0 Å². The summed E-state index contributed by atoms with van der Waals surface area (Å²) in [5.41, 5.74) is 0. The third-order valence-electron chi connectivity index (χ3n) is 1.28. The van der Waals surface area contributed by atoms with Crippen molar-refractivity contribution in [2.24, 2.45) is 0 Å². The molecule has 0 aromatic heterocycles. The summed E-state index contributed by atoms with van der Waals surface area (Å²) in [5, 5.41) is 0. The quantitative estimate of drug-likeness (QED) is 0.478. The van der Waals surface area contributed by atoms with Gasteiger partial charge in [0.25, 0.3) is 0 Å². The Hall–Kier alpha value is 0.880. The van der Waals surface area contributed by atoms with E-state index in [0.717, 1.165) is 0 Å². The average molecular weight is 328 g/mol. The Kier molecular flexibility index (Phi) is 4.29. The molecule has 0 spiro atoms. The predicted molar refractivity (Wildman–Crippen MR) is 53.0 cm³/mol. The molecule has 90 valence electrons. The average Bonchev–Trinajstić information content (AvgIpc) is 2.29. The van der Waals surface area contributed by atoms with Gasteiger partial charge in [0.05, 0.1) is 0 Å². The van der Waals surface area contributed by atoms with Crippen LogP contribution in [0.4, 0.5) is 25.2 Å². The van der Waals surface area contributed by atoms with E-state index in [9.17, 15) is 25.2 Å². The first-order valence-corrected chi connectivity index (χ1v) is 9.35. The monoisotopic (exact) mass is 327 g/mol. The van der Waals surface area contributed by atoms with Gasteiger partial charge in [-0.1, -0.05) is 0 Å². The van der Waals surface area contributed by atoms with Crippen molar-refractivity contribution < 1.29 is 25.2 Å². The van der Waals surface area contributed by atoms with Crippen LogP contribution >= 0.6 is 30.7 Å². The van der Waals surface area contributed by atoms with Gasteiger partial charge in [-0.15, -0.1) is 0 Å². The van der Waals surface area contributed by atoms with E-state index in [4.69, 9.17) is 0 Å². The second-order valence-electron chi connectivity index (χ2n) is 2.80. The molecule has 0 aromatic rings. The van der Waals surface area contributed by atoms with Crippen LogP contribution in [0.2, 0.25) is 0 Å². The number of halogens is 7. The summed E-state index contributed by atoms with van der Waals surface area (Å²) in [6.07, 6.45) is 2.83. The molecule has 1 rings (SSSR count). The number of hydrogen-bond donors (Lipinski definition) is 0. The van der Waals surface area contributed by atoms with Gasteiger partial charge >= 0.3 is 33.0 Å². The van der Waals surface area contributed by atoms with Crippen LogP contribution in [0.1, 0.15) is 12.8 Å². The summed E-state index contributed by atoms with van der Waals surface area (Å²) in [5.74, 6) is 0. The van der Waals surface area contributed by atoms with Crippen molar-refractivity contribution in [2.75, 3.05) is 13.1 Å². The van der Waals surface area contributed by atoms with Crippen molar-refractivity contribution in [1.82, 2.24) is 4.67 Å². The Morgan fingerprint density at radius 1 is 0.929 bits per heavy atom. The molecule has 0 N–H and O–H groups in total. The predicted octanol–water partition coefficient (Wildman–Crippen LogP) is 5.10. The molecule has 0 aromatic carbocycles. The first-order chi connectivity index (χ1) is 5.88. The molecule has 0 bridgehead atoms. The molecule has 10 heteroatoms. The van der Waals surface area contributed by atoms with Crippen molar-refractivity contribution in [3.8, 4) is 0 Å². The van der Waals surface area contributed by atoms with Crippen LogP contribution in [-0.4, -0.2) is 17.8 Å². The summed E-state index contributed by atoms with van der Waals surface area (Å²) in [6.45, 7) is 2.67. The number of hydrogen-bond acceptors (Lipinski definition) is 1. The minimum absolute atomic E-state index is 0.447. The van der Waals surface area contributed by atoms with E-state index >= 15 is 0 Å². The van der Waals surface area contributed by atoms with Gasteiger partial charge in [0.15, 0.2) is 15.5 Å². The first-order valence-electron chi connectivity index (χ1n) is 3.62. The summed E-state index contributed by atoms with van der Waals surface area (Å²) in [4.78, 5) is 0. The maximum atomic E-state index is 9.87.